The van der Waals surface area contributed by atoms with Crippen LogP contribution in [-0.4, -0.2) is 15.1 Å². The van der Waals surface area contributed by atoms with E-state index in [0.717, 1.165) is 11.3 Å². The monoisotopic (exact) mass is 329 g/mol. The molecule has 0 saturated carbocycles. The molecule has 0 spiro atoms. The van der Waals surface area contributed by atoms with Crippen molar-refractivity contribution in [1.29, 1.82) is 0 Å². The molecular weight excluding hydrogens is 320 g/mol. The Balaban J connectivity index is 2.68. The van der Waals surface area contributed by atoms with Crippen LogP contribution in [0.25, 0.3) is 11.3 Å². The number of aromatic nitrogens is 2. The van der Waals surface area contributed by atoms with Gasteiger partial charge in [-0.05, 0) is 12.1 Å². The highest BCUT2D eigenvalue weighted by molar-refractivity contribution is 6.31. The number of nitrogens with zero attached hydrogens (tertiary/aromatic N) is 3. The molecule has 1 aromatic carbocycles. The molecule has 1 heterocycles. The Morgan fingerprint density at radius 2 is 2.10 bits per heavy atom. The Bertz CT molecular complexity index is 706. The molecule has 9 heteroatoms. The minimum atomic E-state index is -0.746. The van der Waals surface area contributed by atoms with Gasteiger partial charge in [0.05, 0.1) is 28.2 Å². The van der Waals surface area contributed by atoms with Gasteiger partial charge in [0.2, 0.25) is 5.88 Å². The molecule has 2 aromatic rings. The third-order valence-corrected chi connectivity index (χ3v) is 2.91. The largest absolute Gasteiger partial charge is 0.493 e. The lowest BCUT2D eigenvalue weighted by Crippen LogP contribution is -2.26. The molecule has 0 aliphatic heterocycles. The smallest absolute Gasteiger partial charge is 0.214 e. The van der Waals surface area contributed by atoms with Gasteiger partial charge in [-0.3, -0.25) is 5.01 Å². The molecule has 0 saturated heterocycles. The third kappa shape index (κ3) is 3.33. The van der Waals surface area contributed by atoms with Crippen molar-refractivity contribution in [1.82, 2.24) is 9.97 Å². The summed E-state index contributed by atoms with van der Waals surface area (Å²) in [5, 5.41) is 10.2. The first kappa shape index (κ1) is 15.3. The minimum absolute atomic E-state index is 0.0168. The van der Waals surface area contributed by atoms with E-state index in [0.29, 0.717) is 0 Å². The summed E-state index contributed by atoms with van der Waals surface area (Å²) < 4.78 is 14.3. The maximum Gasteiger partial charge on any atom is 0.214 e. The molecule has 5 N–H and O–H groups in total. The Kier molecular flexibility index (Phi) is 4.46. The van der Waals surface area contributed by atoms with Crippen molar-refractivity contribution >= 4 is 28.9 Å². The van der Waals surface area contributed by atoms with Crippen molar-refractivity contribution in [3.8, 4) is 17.1 Å². The lowest BCUT2D eigenvalue weighted by atomic mass is 10.1. The van der Waals surface area contributed by atoms with Crippen molar-refractivity contribution in [2.24, 2.45) is 11.6 Å². The summed E-state index contributed by atoms with van der Waals surface area (Å²) in [7, 11) is 0. The number of nitrogens with two attached hydrogens (primary N) is 2. The van der Waals surface area contributed by atoms with Crippen LogP contribution in [0.5, 0.6) is 5.88 Å². The van der Waals surface area contributed by atoms with Gasteiger partial charge in [0.1, 0.15) is 11.5 Å². The molecule has 0 aliphatic carbocycles. The van der Waals surface area contributed by atoms with E-state index in [1.807, 2.05) is 0 Å². The molecule has 2 rings (SSSR count). The summed E-state index contributed by atoms with van der Waals surface area (Å²) in [4.78, 5) is 7.43. The number of aromatic hydroxyl groups is 1. The molecule has 0 atom stereocenters. The lowest BCUT2D eigenvalue weighted by molar-refractivity contribution is 0.452. The van der Waals surface area contributed by atoms with E-state index in [4.69, 9.17) is 34.8 Å². The van der Waals surface area contributed by atoms with Gasteiger partial charge in [0.15, 0.2) is 5.82 Å². The molecule has 1 aromatic heterocycles. The second-order valence-electron chi connectivity index (χ2n) is 3.94. The predicted molar refractivity (Wildman–Crippen MR) is 78.9 cm³/mol. The number of anilines is 1. The van der Waals surface area contributed by atoms with Gasteiger partial charge < -0.3 is 10.8 Å². The highest BCUT2D eigenvalue weighted by atomic mass is 35.5. The van der Waals surface area contributed by atoms with Crippen LogP contribution < -0.4 is 16.6 Å². The van der Waals surface area contributed by atoms with E-state index in [9.17, 15) is 9.50 Å². The number of hydrazine groups is 1. The average molecular weight is 330 g/mol. The van der Waals surface area contributed by atoms with Crippen molar-refractivity contribution in [2.75, 3.05) is 5.01 Å². The number of halogens is 3. The second kappa shape index (κ2) is 6.13. The van der Waals surface area contributed by atoms with E-state index in [-0.39, 0.29) is 33.0 Å². The quantitative estimate of drug-likeness (QED) is 0.454. The van der Waals surface area contributed by atoms with Crippen LogP contribution in [0.4, 0.5) is 10.1 Å². The molecular formula is C12H10Cl2FN5O. The van der Waals surface area contributed by atoms with E-state index < -0.39 is 5.82 Å². The highest BCUT2D eigenvalue weighted by Crippen LogP contribution is 2.35. The van der Waals surface area contributed by atoms with Crippen molar-refractivity contribution in [3.63, 3.8) is 0 Å². The van der Waals surface area contributed by atoms with Crippen LogP contribution in [0.3, 0.4) is 0 Å². The number of hydrogen-bond donors (Lipinski definition) is 3. The van der Waals surface area contributed by atoms with E-state index in [1.54, 1.807) is 0 Å². The Morgan fingerprint density at radius 3 is 2.71 bits per heavy atom. The summed E-state index contributed by atoms with van der Waals surface area (Å²) >= 11 is 11.3. The number of benzene rings is 1. The van der Waals surface area contributed by atoms with Crippen molar-refractivity contribution in [2.45, 2.75) is 0 Å². The van der Waals surface area contributed by atoms with E-state index in [2.05, 4.69) is 9.97 Å². The molecule has 0 radical (unpaired) electrons. The van der Waals surface area contributed by atoms with Gasteiger partial charge in [-0.2, -0.15) is 0 Å². The average Bonchev–Trinajstić information content (AvgIpc) is 2.40. The van der Waals surface area contributed by atoms with Crippen LogP contribution in [0, 0.1) is 5.82 Å². The van der Waals surface area contributed by atoms with E-state index in [1.165, 1.54) is 24.4 Å². The minimum Gasteiger partial charge on any atom is -0.493 e. The van der Waals surface area contributed by atoms with Gasteiger partial charge >= 0.3 is 0 Å². The Morgan fingerprint density at radius 1 is 1.38 bits per heavy atom. The first-order valence-corrected chi connectivity index (χ1v) is 6.32. The summed E-state index contributed by atoms with van der Waals surface area (Å²) in [6.45, 7) is 0. The summed E-state index contributed by atoms with van der Waals surface area (Å²) in [6, 6.07) is 3.98. The fourth-order valence-electron chi connectivity index (χ4n) is 1.69. The van der Waals surface area contributed by atoms with Gasteiger partial charge in [-0.1, -0.05) is 23.2 Å². The zero-order valence-corrected chi connectivity index (χ0v) is 12.0. The van der Waals surface area contributed by atoms with Gasteiger partial charge in [0, 0.05) is 6.07 Å². The van der Waals surface area contributed by atoms with Gasteiger partial charge in [-0.15, -0.1) is 0 Å². The molecule has 0 fully saturated rings. The van der Waals surface area contributed by atoms with Crippen molar-refractivity contribution < 1.29 is 9.50 Å². The first-order chi connectivity index (χ1) is 9.90. The van der Waals surface area contributed by atoms with Crippen LogP contribution >= 0.6 is 23.2 Å². The molecule has 110 valence electrons. The van der Waals surface area contributed by atoms with Crippen LogP contribution in [0.1, 0.15) is 0 Å². The summed E-state index contributed by atoms with van der Waals surface area (Å²) in [5.41, 5.74) is 5.63. The lowest BCUT2D eigenvalue weighted by Gasteiger charge is -2.19. The fourth-order valence-corrected chi connectivity index (χ4v) is 1.95. The van der Waals surface area contributed by atoms with Crippen molar-refractivity contribution in [3.05, 3.63) is 46.7 Å². The predicted octanol–water partition coefficient (Wildman–Crippen LogP) is 2.32. The number of rotatable bonds is 3. The maximum absolute atomic E-state index is 14.3. The zero-order valence-electron chi connectivity index (χ0n) is 10.5. The highest BCUT2D eigenvalue weighted by Gasteiger charge is 2.18. The topological polar surface area (TPSA) is 101 Å². The molecule has 0 aliphatic rings. The van der Waals surface area contributed by atoms with E-state index >= 15 is 0 Å². The Hall–Kier alpha value is -2.09. The molecule has 6 nitrogen and oxygen atoms in total. The molecule has 21 heavy (non-hydrogen) atoms. The molecule has 0 unspecified atom stereocenters. The fraction of sp³-hybridized carbons (Fsp3) is 0. The normalized spacial score (nSPS) is 11.5. The second-order valence-corrected chi connectivity index (χ2v) is 4.78. The third-order valence-electron chi connectivity index (χ3n) is 2.52. The Labute approximate surface area is 129 Å². The summed E-state index contributed by atoms with van der Waals surface area (Å²) in [6.07, 6.45) is 2.27. The van der Waals surface area contributed by atoms with Crippen LogP contribution in [0.15, 0.2) is 35.9 Å². The van der Waals surface area contributed by atoms with Crippen LogP contribution in [-0.2, 0) is 0 Å². The maximum atomic E-state index is 14.3. The van der Waals surface area contributed by atoms with Crippen LogP contribution in [0.2, 0.25) is 5.02 Å². The van der Waals surface area contributed by atoms with Gasteiger partial charge in [0.25, 0.3) is 0 Å². The van der Waals surface area contributed by atoms with Gasteiger partial charge in [-0.25, -0.2) is 20.2 Å². The SMILES string of the molecule is N/C(Cl)=C\N(N)c1ccc(Cl)c(F)c1-c1cc(O)ncn1. The first-order valence-electron chi connectivity index (χ1n) is 5.56. The number of hydrogen-bond acceptors (Lipinski definition) is 6. The zero-order chi connectivity index (χ0) is 15.6. The molecule has 0 amide bonds. The molecule has 0 bridgehead atoms. The standard InChI is InChI=1S/C12H10Cl2FN5O/c13-6-1-2-8(20(17)4-9(14)16)11(12(6)15)7-3-10(21)19-5-18-7/h1-5H,16-17H2,(H,18,19,21)/b9-4-. The summed E-state index contributed by atoms with van der Waals surface area (Å²) in [5.74, 6) is 4.70.